The van der Waals surface area contributed by atoms with Crippen LogP contribution in [0, 0.1) is 6.92 Å². The number of aliphatic hydroxyl groups excluding tert-OH is 1. The lowest BCUT2D eigenvalue weighted by atomic mass is 10.3. The number of hydrogen-bond donors (Lipinski definition) is 2. The fourth-order valence-electron chi connectivity index (χ4n) is 1.09. The predicted molar refractivity (Wildman–Crippen MR) is 61.4 cm³/mol. The third-order valence-electron chi connectivity index (χ3n) is 1.99. The van der Waals surface area contributed by atoms with Crippen LogP contribution in [0.2, 0.25) is 0 Å². The summed E-state index contributed by atoms with van der Waals surface area (Å²) in [6.45, 7) is 2.20. The van der Waals surface area contributed by atoms with Gasteiger partial charge in [-0.15, -0.1) is 11.3 Å². The van der Waals surface area contributed by atoms with E-state index >= 15 is 0 Å². The first-order chi connectivity index (χ1) is 7.05. The highest BCUT2D eigenvalue weighted by Gasteiger charge is 2.10. The molecule has 2 N–H and O–H groups in total. The maximum Gasteiger partial charge on any atom is 0.212 e. The highest BCUT2D eigenvalue weighted by atomic mass is 32.2. The van der Waals surface area contributed by atoms with E-state index in [2.05, 4.69) is 4.72 Å². The Hall–Kier alpha value is -0.430. The fourth-order valence-corrected chi connectivity index (χ4v) is 3.04. The van der Waals surface area contributed by atoms with E-state index in [0.29, 0.717) is 6.54 Å². The summed E-state index contributed by atoms with van der Waals surface area (Å²) < 4.78 is 25.3. The van der Waals surface area contributed by atoms with Crippen LogP contribution in [0.4, 0.5) is 0 Å². The summed E-state index contributed by atoms with van der Waals surface area (Å²) in [5, 5.41) is 10.5. The van der Waals surface area contributed by atoms with Crippen LogP contribution >= 0.6 is 11.3 Å². The second kappa shape index (κ2) is 5.60. The highest BCUT2D eigenvalue weighted by Crippen LogP contribution is 2.15. The molecule has 1 heterocycles. The van der Waals surface area contributed by atoms with Gasteiger partial charge in [0.2, 0.25) is 10.0 Å². The molecular weight excluding hydrogens is 234 g/mol. The van der Waals surface area contributed by atoms with Gasteiger partial charge in [0.05, 0.1) is 5.75 Å². The predicted octanol–water partition coefficient (Wildman–Crippen LogP) is 0.858. The third-order valence-corrected chi connectivity index (χ3v) is 4.43. The Morgan fingerprint density at radius 3 is 2.80 bits per heavy atom. The average molecular weight is 249 g/mol. The number of hydrogen-bond acceptors (Lipinski definition) is 4. The van der Waals surface area contributed by atoms with Crippen LogP contribution in [-0.2, 0) is 16.6 Å². The second-order valence-corrected chi connectivity index (χ2v) is 6.17. The van der Waals surface area contributed by atoms with Crippen LogP contribution in [-0.4, -0.2) is 25.9 Å². The highest BCUT2D eigenvalue weighted by molar-refractivity contribution is 7.89. The third kappa shape index (κ3) is 4.29. The Labute approximate surface area is 94.0 Å². The van der Waals surface area contributed by atoms with Gasteiger partial charge in [0.25, 0.3) is 0 Å². The van der Waals surface area contributed by atoms with Crippen LogP contribution in [0.3, 0.4) is 0 Å². The van der Waals surface area contributed by atoms with E-state index in [0.717, 1.165) is 10.4 Å². The summed E-state index contributed by atoms with van der Waals surface area (Å²) in [6, 6.07) is 1.96. The summed E-state index contributed by atoms with van der Waals surface area (Å²) in [5.41, 5.74) is 1.10. The van der Waals surface area contributed by atoms with E-state index in [-0.39, 0.29) is 18.8 Å². The van der Waals surface area contributed by atoms with Crippen LogP contribution < -0.4 is 4.72 Å². The molecule has 0 aliphatic heterocycles. The zero-order valence-electron chi connectivity index (χ0n) is 8.56. The summed E-state index contributed by atoms with van der Waals surface area (Å²) in [4.78, 5) is 1.03. The Kier molecular flexibility index (Phi) is 4.72. The fraction of sp³-hybridized carbons (Fsp3) is 0.556. The van der Waals surface area contributed by atoms with Crippen LogP contribution in [0.1, 0.15) is 16.9 Å². The normalized spacial score (nSPS) is 11.9. The van der Waals surface area contributed by atoms with E-state index in [9.17, 15) is 8.42 Å². The molecule has 0 aromatic carbocycles. The Morgan fingerprint density at radius 2 is 2.27 bits per heavy atom. The molecule has 0 aliphatic rings. The van der Waals surface area contributed by atoms with Gasteiger partial charge in [-0.25, -0.2) is 13.1 Å². The first-order valence-electron chi connectivity index (χ1n) is 4.66. The molecule has 1 rings (SSSR count). The summed E-state index contributed by atoms with van der Waals surface area (Å²) >= 11 is 1.54. The van der Waals surface area contributed by atoms with Gasteiger partial charge in [0, 0.05) is 18.0 Å². The Bertz CT molecular complexity index is 397. The second-order valence-electron chi connectivity index (χ2n) is 3.24. The van der Waals surface area contributed by atoms with Gasteiger partial charge in [-0.3, -0.25) is 0 Å². The van der Waals surface area contributed by atoms with Crippen molar-refractivity contribution in [3.8, 4) is 0 Å². The monoisotopic (exact) mass is 249 g/mol. The van der Waals surface area contributed by atoms with Crippen molar-refractivity contribution < 1.29 is 13.5 Å². The zero-order chi connectivity index (χ0) is 11.3. The molecule has 6 heteroatoms. The van der Waals surface area contributed by atoms with Gasteiger partial charge in [0.15, 0.2) is 0 Å². The standard InChI is InChI=1S/C9H15NO3S2/c1-8-3-5-14-9(8)7-10-15(12,13)6-2-4-11/h3,5,10-11H,2,4,6-7H2,1H3. The first kappa shape index (κ1) is 12.6. The number of aryl methyl sites for hydroxylation is 1. The molecule has 0 amide bonds. The van der Waals surface area contributed by atoms with Gasteiger partial charge < -0.3 is 5.11 Å². The quantitative estimate of drug-likeness (QED) is 0.786. The molecule has 0 atom stereocenters. The van der Waals surface area contributed by atoms with Crippen molar-refractivity contribution in [2.24, 2.45) is 0 Å². The minimum absolute atomic E-state index is 0.0199. The summed E-state index contributed by atoms with van der Waals surface area (Å²) in [6.07, 6.45) is 0.277. The number of aliphatic hydroxyl groups is 1. The molecular formula is C9H15NO3S2. The minimum Gasteiger partial charge on any atom is -0.396 e. The zero-order valence-corrected chi connectivity index (χ0v) is 10.2. The molecule has 15 heavy (non-hydrogen) atoms. The minimum atomic E-state index is -3.24. The Balaban J connectivity index is 2.46. The largest absolute Gasteiger partial charge is 0.396 e. The number of nitrogens with one attached hydrogen (secondary N) is 1. The molecule has 1 aromatic heterocycles. The maximum atomic E-state index is 11.4. The van der Waals surface area contributed by atoms with Crippen LogP contribution in [0.25, 0.3) is 0 Å². The molecule has 0 unspecified atom stereocenters. The molecule has 0 aliphatic carbocycles. The first-order valence-corrected chi connectivity index (χ1v) is 7.19. The molecule has 86 valence electrons. The molecule has 0 fully saturated rings. The number of sulfonamides is 1. The van der Waals surface area contributed by atoms with Gasteiger partial charge in [-0.1, -0.05) is 0 Å². The average Bonchev–Trinajstić information content (AvgIpc) is 2.58. The van der Waals surface area contributed by atoms with Crippen LogP contribution in [0.5, 0.6) is 0 Å². The lowest BCUT2D eigenvalue weighted by Crippen LogP contribution is -2.26. The van der Waals surface area contributed by atoms with E-state index in [1.807, 2.05) is 18.4 Å². The van der Waals surface area contributed by atoms with E-state index in [4.69, 9.17) is 5.11 Å². The molecule has 0 saturated heterocycles. The van der Waals surface area contributed by atoms with Crippen molar-refractivity contribution >= 4 is 21.4 Å². The number of rotatable bonds is 6. The molecule has 0 spiro atoms. The van der Waals surface area contributed by atoms with Crippen molar-refractivity contribution in [1.29, 1.82) is 0 Å². The number of thiophene rings is 1. The van der Waals surface area contributed by atoms with Crippen molar-refractivity contribution in [2.75, 3.05) is 12.4 Å². The summed E-state index contributed by atoms with van der Waals surface area (Å²) in [5.74, 6) is -0.0199. The van der Waals surface area contributed by atoms with Crippen LogP contribution in [0.15, 0.2) is 11.4 Å². The van der Waals surface area contributed by atoms with Crippen molar-refractivity contribution in [1.82, 2.24) is 4.72 Å². The van der Waals surface area contributed by atoms with Gasteiger partial charge in [-0.2, -0.15) is 0 Å². The summed E-state index contributed by atoms with van der Waals surface area (Å²) in [7, 11) is -3.24. The van der Waals surface area contributed by atoms with Crippen molar-refractivity contribution in [3.05, 3.63) is 21.9 Å². The molecule has 1 aromatic rings. The molecule has 4 nitrogen and oxygen atoms in total. The van der Waals surface area contributed by atoms with Gasteiger partial charge in [0.1, 0.15) is 0 Å². The lowest BCUT2D eigenvalue weighted by Gasteiger charge is -2.05. The molecule has 0 bridgehead atoms. The van der Waals surface area contributed by atoms with E-state index in [1.165, 1.54) is 11.3 Å². The maximum absolute atomic E-state index is 11.4. The SMILES string of the molecule is Cc1ccsc1CNS(=O)(=O)CCCO. The van der Waals surface area contributed by atoms with E-state index in [1.54, 1.807) is 0 Å². The topological polar surface area (TPSA) is 66.4 Å². The van der Waals surface area contributed by atoms with Crippen molar-refractivity contribution in [2.45, 2.75) is 19.9 Å². The molecule has 0 saturated carbocycles. The smallest absolute Gasteiger partial charge is 0.212 e. The van der Waals surface area contributed by atoms with E-state index < -0.39 is 10.0 Å². The van der Waals surface area contributed by atoms with Gasteiger partial charge in [-0.05, 0) is 30.4 Å². The lowest BCUT2D eigenvalue weighted by molar-refractivity contribution is 0.295. The van der Waals surface area contributed by atoms with Gasteiger partial charge >= 0.3 is 0 Å². The molecule has 0 radical (unpaired) electrons. The Morgan fingerprint density at radius 1 is 1.53 bits per heavy atom. The van der Waals surface area contributed by atoms with Crippen molar-refractivity contribution in [3.63, 3.8) is 0 Å².